The molecule has 1 saturated heterocycles. The predicted molar refractivity (Wildman–Crippen MR) is 101 cm³/mol. The maximum absolute atomic E-state index is 12.9. The molecule has 6 heteroatoms. The molecule has 1 aromatic carbocycles. The molecule has 2 rings (SSSR count). The molecule has 1 fully saturated rings. The monoisotopic (exact) mass is 352 g/mol. The third-order valence-corrected chi connectivity index (χ3v) is 5.53. The van der Waals surface area contributed by atoms with Crippen molar-refractivity contribution in [1.29, 1.82) is 0 Å². The van der Waals surface area contributed by atoms with Crippen LogP contribution in [0.25, 0.3) is 0 Å². The summed E-state index contributed by atoms with van der Waals surface area (Å²) in [7, 11) is 1.61. The molecule has 0 saturated carbocycles. The van der Waals surface area contributed by atoms with E-state index < -0.39 is 0 Å². The lowest BCUT2D eigenvalue weighted by atomic mass is 10.1. The van der Waals surface area contributed by atoms with Crippen molar-refractivity contribution in [3.05, 3.63) is 35.0 Å². The number of benzene rings is 1. The van der Waals surface area contributed by atoms with Gasteiger partial charge in [-0.3, -0.25) is 4.90 Å². The topological polar surface area (TPSA) is 38.5 Å². The van der Waals surface area contributed by atoms with Crippen molar-refractivity contribution in [2.45, 2.75) is 44.5 Å². The number of methoxy groups -OCH3 is 1. The van der Waals surface area contributed by atoms with E-state index in [0.717, 1.165) is 34.0 Å². The van der Waals surface area contributed by atoms with Crippen molar-refractivity contribution < 1.29 is 9.48 Å². The molecule has 1 atom stereocenters. The highest BCUT2D eigenvalue weighted by Crippen LogP contribution is 2.41. The van der Waals surface area contributed by atoms with E-state index in [-0.39, 0.29) is 10.9 Å². The highest BCUT2D eigenvalue weighted by molar-refractivity contribution is 8.24. The van der Waals surface area contributed by atoms with Crippen LogP contribution in [0.4, 0.5) is 0 Å². The van der Waals surface area contributed by atoms with Gasteiger partial charge in [-0.05, 0) is 32.4 Å². The van der Waals surface area contributed by atoms with Crippen molar-refractivity contribution in [2.24, 2.45) is 0 Å². The Hall–Kier alpha value is -1.27. The first-order chi connectivity index (χ1) is 10.9. The minimum Gasteiger partial charge on any atom is -0.622 e. The summed E-state index contributed by atoms with van der Waals surface area (Å²) in [6.45, 7) is 7.10. The van der Waals surface area contributed by atoms with E-state index in [9.17, 15) is 5.21 Å². The average Bonchev–Trinajstić information content (AvgIpc) is 2.74. The molecule has 0 aromatic heterocycles. The van der Waals surface area contributed by atoms with Crippen LogP contribution >= 0.6 is 24.0 Å². The van der Waals surface area contributed by atoms with Crippen molar-refractivity contribution in [1.82, 2.24) is 4.90 Å². The van der Waals surface area contributed by atoms with Gasteiger partial charge in [0.15, 0.2) is 6.21 Å². The van der Waals surface area contributed by atoms with Crippen LogP contribution in [-0.4, -0.2) is 44.7 Å². The Labute approximate surface area is 148 Å². The van der Waals surface area contributed by atoms with Crippen molar-refractivity contribution >= 4 is 34.5 Å². The highest BCUT2D eigenvalue weighted by Gasteiger charge is 2.50. The molecule has 0 bridgehead atoms. The van der Waals surface area contributed by atoms with Gasteiger partial charge in [-0.15, -0.1) is 0 Å². The Bertz CT molecular complexity index is 602. The van der Waals surface area contributed by atoms with Crippen LogP contribution in [0, 0.1) is 5.21 Å². The lowest BCUT2D eigenvalue weighted by molar-refractivity contribution is -0.523. The fourth-order valence-electron chi connectivity index (χ4n) is 2.78. The number of hydrogen-bond acceptors (Lipinski definition) is 4. The van der Waals surface area contributed by atoms with E-state index in [2.05, 4.69) is 25.7 Å². The van der Waals surface area contributed by atoms with Crippen molar-refractivity contribution in [3.8, 4) is 5.75 Å². The number of ether oxygens (including phenoxy) is 1. The summed E-state index contributed by atoms with van der Waals surface area (Å²) in [4.78, 5) is 2.06. The number of unbranched alkanes of at least 4 members (excludes halogenated alkanes) is 1. The van der Waals surface area contributed by atoms with Gasteiger partial charge in [-0.2, -0.15) is 4.74 Å². The summed E-state index contributed by atoms with van der Waals surface area (Å²) in [5.74, 6) is 0.694. The van der Waals surface area contributed by atoms with Crippen molar-refractivity contribution in [2.75, 3.05) is 13.7 Å². The van der Waals surface area contributed by atoms with E-state index in [1.807, 2.05) is 24.3 Å². The molecule has 0 spiro atoms. The molecule has 1 aromatic rings. The first-order valence-corrected chi connectivity index (χ1v) is 9.06. The second-order valence-electron chi connectivity index (χ2n) is 6.12. The first-order valence-electron chi connectivity index (χ1n) is 7.83. The summed E-state index contributed by atoms with van der Waals surface area (Å²) in [6.07, 6.45) is 3.40. The zero-order valence-electron chi connectivity index (χ0n) is 14.1. The van der Waals surface area contributed by atoms with Gasteiger partial charge in [-0.1, -0.05) is 49.5 Å². The fourth-order valence-corrected chi connectivity index (χ4v) is 4.71. The summed E-state index contributed by atoms with van der Waals surface area (Å²) in [6, 6.07) is 7.53. The van der Waals surface area contributed by atoms with Gasteiger partial charge >= 0.3 is 0 Å². The number of thiocarbonyl (C=S) groups is 1. The van der Waals surface area contributed by atoms with Crippen LogP contribution in [0.1, 0.15) is 39.2 Å². The SMILES string of the molecule is CCCCN1C(=S)SC(C)(C)[C@@H]1/[N+]([O-])=C/c1ccccc1OC. The molecule has 0 radical (unpaired) electrons. The highest BCUT2D eigenvalue weighted by atomic mass is 32.2. The van der Waals surface area contributed by atoms with Crippen LogP contribution in [0.15, 0.2) is 24.3 Å². The van der Waals surface area contributed by atoms with E-state index >= 15 is 0 Å². The molecule has 23 heavy (non-hydrogen) atoms. The second kappa shape index (κ2) is 7.53. The molecule has 0 unspecified atom stereocenters. The summed E-state index contributed by atoms with van der Waals surface area (Å²) in [5, 5.41) is 12.9. The Morgan fingerprint density at radius 2 is 2.13 bits per heavy atom. The van der Waals surface area contributed by atoms with Gasteiger partial charge in [0.05, 0.1) is 12.7 Å². The second-order valence-corrected chi connectivity index (χ2v) is 8.41. The minimum absolute atomic E-state index is 0.259. The Morgan fingerprint density at radius 3 is 2.78 bits per heavy atom. The van der Waals surface area contributed by atoms with Gasteiger partial charge in [0.2, 0.25) is 0 Å². The van der Waals surface area contributed by atoms with Crippen LogP contribution in [-0.2, 0) is 0 Å². The molecule has 126 valence electrons. The maximum Gasteiger partial charge on any atom is 0.254 e. The van der Waals surface area contributed by atoms with Crippen LogP contribution in [0.3, 0.4) is 0 Å². The van der Waals surface area contributed by atoms with Gasteiger partial charge in [-0.25, -0.2) is 0 Å². The Morgan fingerprint density at radius 1 is 1.43 bits per heavy atom. The van der Waals surface area contributed by atoms with E-state index in [4.69, 9.17) is 17.0 Å². The third-order valence-electron chi connectivity index (χ3n) is 3.90. The summed E-state index contributed by atoms with van der Waals surface area (Å²) < 4.78 is 6.91. The largest absolute Gasteiger partial charge is 0.622 e. The van der Waals surface area contributed by atoms with Gasteiger partial charge < -0.3 is 9.94 Å². The molecule has 4 nitrogen and oxygen atoms in total. The maximum atomic E-state index is 12.9. The molecular weight excluding hydrogens is 328 g/mol. The fraction of sp³-hybridized carbons (Fsp3) is 0.529. The first kappa shape index (κ1) is 18.1. The lowest BCUT2D eigenvalue weighted by Gasteiger charge is -2.29. The lowest BCUT2D eigenvalue weighted by Crippen LogP contribution is -2.48. The molecule has 0 aliphatic carbocycles. The summed E-state index contributed by atoms with van der Waals surface area (Å²) in [5.41, 5.74) is 0.777. The number of nitrogens with zero attached hydrogens (tertiary/aromatic N) is 2. The zero-order chi connectivity index (χ0) is 17.0. The van der Waals surface area contributed by atoms with Gasteiger partial charge in [0.1, 0.15) is 14.8 Å². The van der Waals surface area contributed by atoms with Gasteiger partial charge in [0.25, 0.3) is 6.17 Å². The average molecular weight is 353 g/mol. The molecule has 1 aliphatic rings. The normalized spacial score (nSPS) is 20.9. The number of thioether (sulfide) groups is 1. The summed E-state index contributed by atoms with van der Waals surface area (Å²) >= 11 is 7.10. The van der Waals surface area contributed by atoms with E-state index in [0.29, 0.717) is 5.75 Å². The number of rotatable bonds is 6. The van der Waals surface area contributed by atoms with Gasteiger partial charge in [0, 0.05) is 6.54 Å². The number of hydroxylamine groups is 1. The van der Waals surface area contributed by atoms with Crippen LogP contribution in [0.2, 0.25) is 0 Å². The molecule has 0 N–H and O–H groups in total. The quantitative estimate of drug-likeness (QED) is 0.255. The van der Waals surface area contributed by atoms with E-state index in [1.54, 1.807) is 25.1 Å². The molecular formula is C17H24N2O2S2. The number of para-hydroxylation sites is 1. The van der Waals surface area contributed by atoms with Crippen LogP contribution in [0.5, 0.6) is 5.75 Å². The Balaban J connectivity index is 2.35. The van der Waals surface area contributed by atoms with E-state index in [1.165, 1.54) is 0 Å². The standard InChI is InChI=1S/C17H24N2O2S2/c1-5-6-11-18-15(17(2,3)23-16(18)22)19(20)12-13-9-7-8-10-14(13)21-4/h7-10,12,15H,5-6,11H2,1-4H3/b19-12-/t15-/m0/s1. The predicted octanol–water partition coefficient (Wildman–Crippen LogP) is 3.86. The third kappa shape index (κ3) is 3.98. The molecule has 1 heterocycles. The molecule has 1 aliphatic heterocycles. The molecule has 0 amide bonds. The minimum atomic E-state index is -0.309. The zero-order valence-corrected chi connectivity index (χ0v) is 15.7. The van der Waals surface area contributed by atoms with Crippen LogP contribution < -0.4 is 4.74 Å². The number of hydrogen-bond donors (Lipinski definition) is 0. The van der Waals surface area contributed by atoms with Crippen molar-refractivity contribution in [3.63, 3.8) is 0 Å². The Kier molecular flexibility index (Phi) is 5.92. The smallest absolute Gasteiger partial charge is 0.254 e.